The van der Waals surface area contributed by atoms with Crippen molar-refractivity contribution in [3.8, 4) is 0 Å². The fourth-order valence-corrected chi connectivity index (χ4v) is 5.31. The molecule has 3 saturated heterocycles. The van der Waals surface area contributed by atoms with Crippen LogP contribution < -0.4 is 0 Å². The van der Waals surface area contributed by atoms with Crippen LogP contribution in [0.5, 0.6) is 0 Å². The van der Waals surface area contributed by atoms with E-state index in [0.29, 0.717) is 18.4 Å². The summed E-state index contributed by atoms with van der Waals surface area (Å²) in [5, 5.41) is 0. The Bertz CT molecular complexity index is 727. The van der Waals surface area contributed by atoms with Gasteiger partial charge in [0.25, 0.3) is 0 Å². The first-order valence-corrected chi connectivity index (χ1v) is 11.3. The summed E-state index contributed by atoms with van der Waals surface area (Å²) < 4.78 is 5.68. The number of carbonyl (C=O) groups excluding carboxylic acids is 2. The first kappa shape index (κ1) is 21.2. The number of nitrogens with zero attached hydrogens (tertiary/aromatic N) is 4. The second kappa shape index (κ2) is 9.43. The van der Waals surface area contributed by atoms with Gasteiger partial charge in [-0.25, -0.2) is 0 Å². The maximum atomic E-state index is 12.8. The van der Waals surface area contributed by atoms with E-state index in [4.69, 9.17) is 4.74 Å². The lowest BCUT2D eigenvalue weighted by Gasteiger charge is -2.53. The first-order chi connectivity index (χ1) is 14.6. The van der Waals surface area contributed by atoms with Crippen molar-refractivity contribution in [3.05, 3.63) is 30.1 Å². The van der Waals surface area contributed by atoms with Gasteiger partial charge in [-0.15, -0.1) is 0 Å². The van der Waals surface area contributed by atoms with Crippen LogP contribution in [0.2, 0.25) is 0 Å². The van der Waals surface area contributed by atoms with Crippen LogP contribution in [0.3, 0.4) is 0 Å². The lowest BCUT2D eigenvalue weighted by atomic mass is 9.87. The van der Waals surface area contributed by atoms with Crippen molar-refractivity contribution in [2.45, 2.75) is 57.2 Å². The van der Waals surface area contributed by atoms with Gasteiger partial charge in [-0.2, -0.15) is 0 Å². The molecule has 30 heavy (non-hydrogen) atoms. The van der Waals surface area contributed by atoms with Gasteiger partial charge in [0.2, 0.25) is 11.8 Å². The van der Waals surface area contributed by atoms with E-state index >= 15 is 0 Å². The van der Waals surface area contributed by atoms with Crippen LogP contribution in [-0.4, -0.2) is 83.5 Å². The highest BCUT2D eigenvalue weighted by molar-refractivity contribution is 5.76. The van der Waals surface area contributed by atoms with Gasteiger partial charge in [0.05, 0.1) is 12.1 Å². The molecule has 2 amide bonds. The van der Waals surface area contributed by atoms with E-state index in [9.17, 15) is 9.59 Å². The van der Waals surface area contributed by atoms with Gasteiger partial charge < -0.3 is 14.5 Å². The van der Waals surface area contributed by atoms with Gasteiger partial charge >= 0.3 is 0 Å². The molecule has 2 atom stereocenters. The van der Waals surface area contributed by atoms with Crippen molar-refractivity contribution in [1.82, 2.24) is 19.7 Å². The molecule has 7 heteroatoms. The van der Waals surface area contributed by atoms with Crippen molar-refractivity contribution >= 4 is 11.8 Å². The second-order valence-electron chi connectivity index (χ2n) is 8.97. The number of carbonyl (C=O) groups is 2. The van der Waals surface area contributed by atoms with E-state index in [1.165, 1.54) is 5.56 Å². The van der Waals surface area contributed by atoms with Gasteiger partial charge in [-0.3, -0.25) is 19.5 Å². The summed E-state index contributed by atoms with van der Waals surface area (Å²) in [5.41, 5.74) is 1.21. The highest BCUT2D eigenvalue weighted by atomic mass is 16.5. The monoisotopic (exact) mass is 414 g/mol. The smallest absolute Gasteiger partial charge is 0.222 e. The fraction of sp³-hybridized carbons (Fsp3) is 0.696. The first-order valence-electron chi connectivity index (χ1n) is 11.3. The molecule has 0 N–H and O–H groups in total. The molecule has 4 heterocycles. The molecule has 3 aliphatic rings. The Morgan fingerprint density at radius 1 is 1.10 bits per heavy atom. The SMILES string of the molecule is COC1CN(C2CCN(C(=O)CC3CCN(C(C)=O)CC3)CC2)C1c1cccnc1. The van der Waals surface area contributed by atoms with Crippen molar-refractivity contribution < 1.29 is 14.3 Å². The Hall–Kier alpha value is -1.99. The summed E-state index contributed by atoms with van der Waals surface area (Å²) >= 11 is 0. The minimum Gasteiger partial charge on any atom is -0.378 e. The Morgan fingerprint density at radius 3 is 2.40 bits per heavy atom. The normalized spacial score (nSPS) is 26.5. The van der Waals surface area contributed by atoms with E-state index in [1.54, 1.807) is 14.0 Å². The van der Waals surface area contributed by atoms with E-state index in [2.05, 4.69) is 20.9 Å². The lowest BCUT2D eigenvalue weighted by molar-refractivity contribution is -0.139. The van der Waals surface area contributed by atoms with Crippen LogP contribution in [0.25, 0.3) is 0 Å². The zero-order valence-electron chi connectivity index (χ0n) is 18.2. The highest BCUT2D eigenvalue weighted by Crippen LogP contribution is 2.39. The Labute approximate surface area is 179 Å². The van der Waals surface area contributed by atoms with Crippen LogP contribution in [0.4, 0.5) is 0 Å². The molecule has 2 unspecified atom stereocenters. The molecular weight excluding hydrogens is 380 g/mol. The molecular formula is C23H34N4O3. The molecule has 0 bridgehead atoms. The molecule has 4 rings (SSSR count). The number of hydrogen-bond acceptors (Lipinski definition) is 5. The zero-order chi connectivity index (χ0) is 21.1. The third kappa shape index (κ3) is 4.52. The molecule has 7 nitrogen and oxygen atoms in total. The quantitative estimate of drug-likeness (QED) is 0.738. The number of aromatic nitrogens is 1. The van der Waals surface area contributed by atoms with E-state index in [-0.39, 0.29) is 24.0 Å². The largest absolute Gasteiger partial charge is 0.378 e. The Kier molecular flexibility index (Phi) is 6.68. The average molecular weight is 415 g/mol. The lowest BCUT2D eigenvalue weighted by Crippen LogP contribution is -2.60. The molecule has 0 spiro atoms. The summed E-state index contributed by atoms with van der Waals surface area (Å²) in [4.78, 5) is 35.1. The van der Waals surface area contributed by atoms with Crippen molar-refractivity contribution in [1.29, 1.82) is 0 Å². The molecule has 0 saturated carbocycles. The number of pyridine rings is 1. The highest BCUT2D eigenvalue weighted by Gasteiger charge is 2.44. The van der Waals surface area contributed by atoms with E-state index in [0.717, 1.165) is 58.4 Å². The average Bonchev–Trinajstić information content (AvgIpc) is 2.75. The second-order valence-corrected chi connectivity index (χ2v) is 8.97. The molecule has 3 aliphatic heterocycles. The van der Waals surface area contributed by atoms with Crippen LogP contribution in [-0.2, 0) is 14.3 Å². The van der Waals surface area contributed by atoms with E-state index < -0.39 is 0 Å². The molecule has 164 valence electrons. The molecule has 3 fully saturated rings. The Morgan fingerprint density at radius 2 is 1.80 bits per heavy atom. The number of amides is 2. The number of piperidine rings is 2. The molecule has 0 aromatic carbocycles. The van der Waals surface area contributed by atoms with Crippen molar-refractivity contribution in [2.24, 2.45) is 5.92 Å². The fourth-order valence-electron chi connectivity index (χ4n) is 5.31. The van der Waals surface area contributed by atoms with Crippen LogP contribution in [0, 0.1) is 5.92 Å². The van der Waals surface area contributed by atoms with Gasteiger partial charge in [0, 0.05) is 71.6 Å². The molecule has 1 aromatic rings. The topological polar surface area (TPSA) is 66.0 Å². The van der Waals surface area contributed by atoms with Crippen LogP contribution in [0.15, 0.2) is 24.5 Å². The number of methoxy groups -OCH3 is 1. The summed E-state index contributed by atoms with van der Waals surface area (Å²) in [6.07, 6.45) is 8.52. The van der Waals surface area contributed by atoms with Crippen LogP contribution >= 0.6 is 0 Å². The van der Waals surface area contributed by atoms with Gasteiger partial charge in [-0.05, 0) is 43.2 Å². The third-order valence-electron chi connectivity index (χ3n) is 7.24. The summed E-state index contributed by atoms with van der Waals surface area (Å²) in [7, 11) is 1.79. The maximum Gasteiger partial charge on any atom is 0.222 e. The third-order valence-corrected chi connectivity index (χ3v) is 7.24. The van der Waals surface area contributed by atoms with Gasteiger partial charge in [0.15, 0.2) is 0 Å². The van der Waals surface area contributed by atoms with Crippen molar-refractivity contribution in [2.75, 3.05) is 39.8 Å². The summed E-state index contributed by atoms with van der Waals surface area (Å²) in [6, 6.07) is 4.87. The predicted octanol–water partition coefficient (Wildman–Crippen LogP) is 2.09. The van der Waals surface area contributed by atoms with Crippen molar-refractivity contribution in [3.63, 3.8) is 0 Å². The van der Waals surface area contributed by atoms with Crippen LogP contribution in [0.1, 0.15) is 50.6 Å². The minimum absolute atomic E-state index is 0.146. The predicted molar refractivity (Wildman–Crippen MR) is 114 cm³/mol. The number of ether oxygens (including phenoxy) is 1. The Balaban J connectivity index is 1.26. The zero-order valence-corrected chi connectivity index (χ0v) is 18.2. The summed E-state index contributed by atoms with van der Waals surface area (Å²) in [6.45, 7) is 5.83. The minimum atomic E-state index is 0.146. The standard InChI is InChI=1S/C23H34N4O3/c1-17(28)25-10-5-18(6-11-25)14-22(29)26-12-7-20(8-13-26)27-16-21(30-2)23(27)19-4-3-9-24-15-19/h3-4,9,15,18,20-21,23H,5-8,10-14,16H2,1-2H3. The van der Waals surface area contributed by atoms with Gasteiger partial charge in [0.1, 0.15) is 0 Å². The van der Waals surface area contributed by atoms with E-state index in [1.807, 2.05) is 23.4 Å². The number of likely N-dealkylation sites (tertiary alicyclic amines) is 3. The molecule has 0 aliphatic carbocycles. The number of rotatable bonds is 5. The number of hydrogen-bond donors (Lipinski definition) is 0. The molecule has 0 radical (unpaired) electrons. The molecule has 1 aromatic heterocycles. The maximum absolute atomic E-state index is 12.8. The van der Waals surface area contributed by atoms with Gasteiger partial charge in [-0.1, -0.05) is 6.07 Å². The summed E-state index contributed by atoms with van der Waals surface area (Å²) in [5.74, 6) is 0.851.